The second-order valence-electron chi connectivity index (χ2n) is 4.34. The van der Waals surface area contributed by atoms with Crippen LogP contribution in [0.3, 0.4) is 0 Å². The summed E-state index contributed by atoms with van der Waals surface area (Å²) in [5.74, 6) is -0.00583. The highest BCUT2D eigenvalue weighted by Crippen LogP contribution is 2.25. The Balaban J connectivity index is 1.86. The van der Waals surface area contributed by atoms with Gasteiger partial charge in [-0.3, -0.25) is 4.79 Å². The van der Waals surface area contributed by atoms with Crippen LogP contribution in [-0.2, 0) is 4.79 Å². The Morgan fingerprint density at radius 1 is 1.43 bits per heavy atom. The zero-order valence-corrected chi connectivity index (χ0v) is 8.39. The number of nitrogens with zero attached hydrogens (tertiary/aromatic N) is 1. The van der Waals surface area contributed by atoms with Gasteiger partial charge in [0.15, 0.2) is 0 Å². The number of likely N-dealkylation sites (tertiary alicyclic amines) is 1. The lowest BCUT2D eigenvalue weighted by Crippen LogP contribution is -2.36. The lowest BCUT2D eigenvalue weighted by molar-refractivity contribution is -0.132. The Morgan fingerprint density at radius 3 is 2.71 bits per heavy atom. The lowest BCUT2D eigenvalue weighted by atomic mass is 10.0. The van der Waals surface area contributed by atoms with Gasteiger partial charge < -0.3 is 10.2 Å². The summed E-state index contributed by atoms with van der Waals surface area (Å²) in [7, 11) is 0. The van der Waals surface area contributed by atoms with E-state index in [9.17, 15) is 9.18 Å². The third-order valence-corrected chi connectivity index (χ3v) is 3.12. The SMILES string of the molecule is O=C(CC1(F)CCNC1)N1CCCC1. The molecular weight excluding hydrogens is 183 g/mol. The molecule has 0 aliphatic carbocycles. The van der Waals surface area contributed by atoms with E-state index in [1.807, 2.05) is 0 Å². The molecule has 1 amide bonds. The molecule has 2 heterocycles. The highest BCUT2D eigenvalue weighted by molar-refractivity contribution is 5.77. The molecular formula is C10H17FN2O. The van der Waals surface area contributed by atoms with Gasteiger partial charge in [0.2, 0.25) is 5.91 Å². The average Bonchev–Trinajstić information content (AvgIpc) is 2.74. The Kier molecular flexibility index (Phi) is 2.72. The molecule has 0 aromatic rings. The monoisotopic (exact) mass is 200 g/mol. The van der Waals surface area contributed by atoms with Gasteiger partial charge in [-0.25, -0.2) is 4.39 Å². The van der Waals surface area contributed by atoms with Crippen LogP contribution in [-0.4, -0.2) is 42.7 Å². The van der Waals surface area contributed by atoms with Crippen LogP contribution in [0.4, 0.5) is 4.39 Å². The Labute approximate surface area is 83.6 Å². The molecule has 0 bridgehead atoms. The molecule has 14 heavy (non-hydrogen) atoms. The average molecular weight is 200 g/mol. The standard InChI is InChI=1S/C10H17FN2O/c11-10(3-4-12-8-10)7-9(14)13-5-1-2-6-13/h12H,1-8H2. The maximum Gasteiger partial charge on any atom is 0.225 e. The number of hydrogen-bond donors (Lipinski definition) is 1. The molecule has 3 nitrogen and oxygen atoms in total. The number of halogens is 1. The van der Waals surface area contributed by atoms with Gasteiger partial charge in [-0.2, -0.15) is 0 Å². The van der Waals surface area contributed by atoms with E-state index in [0.717, 1.165) is 25.9 Å². The van der Waals surface area contributed by atoms with Crippen molar-refractivity contribution < 1.29 is 9.18 Å². The largest absolute Gasteiger partial charge is 0.343 e. The highest BCUT2D eigenvalue weighted by Gasteiger charge is 2.37. The van der Waals surface area contributed by atoms with Crippen molar-refractivity contribution in [3.63, 3.8) is 0 Å². The summed E-state index contributed by atoms with van der Waals surface area (Å²) in [6.07, 6.45) is 2.69. The third kappa shape index (κ3) is 2.05. The molecule has 2 saturated heterocycles. The second kappa shape index (κ2) is 3.85. The van der Waals surface area contributed by atoms with Crippen LogP contribution in [0, 0.1) is 0 Å². The predicted octanol–water partition coefficient (Wildman–Crippen LogP) is 0.700. The molecule has 2 fully saturated rings. The first kappa shape index (κ1) is 9.90. The van der Waals surface area contributed by atoms with E-state index in [1.165, 1.54) is 0 Å². The molecule has 2 aliphatic heterocycles. The van der Waals surface area contributed by atoms with Crippen molar-refractivity contribution in [2.24, 2.45) is 0 Å². The second-order valence-corrected chi connectivity index (χ2v) is 4.34. The number of rotatable bonds is 2. The van der Waals surface area contributed by atoms with Gasteiger partial charge in [0.1, 0.15) is 5.67 Å². The van der Waals surface area contributed by atoms with Crippen molar-refractivity contribution in [3.05, 3.63) is 0 Å². The topological polar surface area (TPSA) is 32.3 Å². The summed E-state index contributed by atoms with van der Waals surface area (Å²) in [5.41, 5.74) is -1.28. The first-order valence-corrected chi connectivity index (χ1v) is 5.37. The van der Waals surface area contributed by atoms with Crippen molar-refractivity contribution in [3.8, 4) is 0 Å². The van der Waals surface area contributed by atoms with Crippen LogP contribution in [0.2, 0.25) is 0 Å². The van der Waals surface area contributed by atoms with E-state index in [-0.39, 0.29) is 12.3 Å². The molecule has 2 rings (SSSR count). The number of hydrogen-bond acceptors (Lipinski definition) is 2. The predicted molar refractivity (Wildman–Crippen MR) is 51.8 cm³/mol. The molecule has 0 saturated carbocycles. The van der Waals surface area contributed by atoms with E-state index in [2.05, 4.69) is 5.32 Å². The van der Waals surface area contributed by atoms with Gasteiger partial charge >= 0.3 is 0 Å². The first-order chi connectivity index (χ1) is 6.70. The van der Waals surface area contributed by atoms with Crippen LogP contribution in [0.15, 0.2) is 0 Å². The summed E-state index contributed by atoms with van der Waals surface area (Å²) in [4.78, 5) is 13.5. The molecule has 2 aliphatic rings. The number of alkyl halides is 1. The molecule has 0 aromatic carbocycles. The maximum absolute atomic E-state index is 13.9. The molecule has 80 valence electrons. The molecule has 0 radical (unpaired) electrons. The van der Waals surface area contributed by atoms with Crippen LogP contribution >= 0.6 is 0 Å². The molecule has 0 spiro atoms. The van der Waals surface area contributed by atoms with Gasteiger partial charge in [0, 0.05) is 19.6 Å². The third-order valence-electron chi connectivity index (χ3n) is 3.12. The fourth-order valence-corrected chi connectivity index (χ4v) is 2.21. The van der Waals surface area contributed by atoms with Crippen molar-refractivity contribution in [2.45, 2.75) is 31.4 Å². The van der Waals surface area contributed by atoms with Crippen LogP contribution in [0.5, 0.6) is 0 Å². The van der Waals surface area contributed by atoms with Gasteiger partial charge in [-0.1, -0.05) is 0 Å². The van der Waals surface area contributed by atoms with Crippen LogP contribution in [0.1, 0.15) is 25.7 Å². The molecule has 1 unspecified atom stereocenters. The summed E-state index contributed by atoms with van der Waals surface area (Å²) >= 11 is 0. The Hall–Kier alpha value is -0.640. The van der Waals surface area contributed by atoms with Gasteiger partial charge in [0.05, 0.1) is 6.42 Å². The van der Waals surface area contributed by atoms with Crippen LogP contribution in [0.25, 0.3) is 0 Å². The number of carbonyl (C=O) groups is 1. The summed E-state index contributed by atoms with van der Waals surface area (Å²) in [6, 6.07) is 0. The summed E-state index contributed by atoms with van der Waals surface area (Å²) < 4.78 is 13.9. The van der Waals surface area contributed by atoms with Crippen LogP contribution < -0.4 is 5.32 Å². The first-order valence-electron chi connectivity index (χ1n) is 5.37. The lowest BCUT2D eigenvalue weighted by Gasteiger charge is -2.22. The fourth-order valence-electron chi connectivity index (χ4n) is 2.21. The number of nitrogens with one attached hydrogen (secondary N) is 1. The number of amides is 1. The quantitative estimate of drug-likeness (QED) is 0.711. The van der Waals surface area contributed by atoms with Gasteiger partial charge in [0.25, 0.3) is 0 Å². The van der Waals surface area contributed by atoms with Crippen molar-refractivity contribution >= 4 is 5.91 Å². The fraction of sp³-hybridized carbons (Fsp3) is 0.900. The van der Waals surface area contributed by atoms with Gasteiger partial charge in [-0.05, 0) is 25.8 Å². The van der Waals surface area contributed by atoms with E-state index in [1.54, 1.807) is 4.90 Å². The molecule has 1 atom stereocenters. The van der Waals surface area contributed by atoms with Crippen molar-refractivity contribution in [2.75, 3.05) is 26.2 Å². The minimum Gasteiger partial charge on any atom is -0.343 e. The van der Waals surface area contributed by atoms with E-state index in [0.29, 0.717) is 19.5 Å². The molecule has 4 heteroatoms. The smallest absolute Gasteiger partial charge is 0.225 e. The zero-order chi connectivity index (χ0) is 10.0. The van der Waals surface area contributed by atoms with E-state index in [4.69, 9.17) is 0 Å². The summed E-state index contributed by atoms with van der Waals surface area (Å²) in [6.45, 7) is 2.68. The minimum atomic E-state index is -1.28. The normalized spacial score (nSPS) is 32.5. The summed E-state index contributed by atoms with van der Waals surface area (Å²) in [5, 5.41) is 2.96. The zero-order valence-electron chi connectivity index (χ0n) is 8.39. The molecule has 1 N–H and O–H groups in total. The van der Waals surface area contributed by atoms with E-state index >= 15 is 0 Å². The minimum absolute atomic E-state index is 0.00583. The highest BCUT2D eigenvalue weighted by atomic mass is 19.1. The number of carbonyl (C=O) groups excluding carboxylic acids is 1. The maximum atomic E-state index is 13.9. The van der Waals surface area contributed by atoms with Gasteiger partial charge in [-0.15, -0.1) is 0 Å². The van der Waals surface area contributed by atoms with E-state index < -0.39 is 5.67 Å². The Bertz CT molecular complexity index is 220. The van der Waals surface area contributed by atoms with Crippen molar-refractivity contribution in [1.82, 2.24) is 10.2 Å². The Morgan fingerprint density at radius 2 is 2.14 bits per heavy atom. The van der Waals surface area contributed by atoms with Crippen molar-refractivity contribution in [1.29, 1.82) is 0 Å². The molecule has 0 aromatic heterocycles.